The first kappa shape index (κ1) is 22.1. The molecule has 0 radical (unpaired) electrons. The minimum atomic E-state index is -0.423. The molecule has 2 saturated heterocycles. The zero-order valence-electron chi connectivity index (χ0n) is 19.0. The van der Waals surface area contributed by atoms with E-state index in [4.69, 9.17) is 20.0 Å². The van der Waals surface area contributed by atoms with Gasteiger partial charge in [0.2, 0.25) is 5.91 Å². The molecule has 0 spiro atoms. The fourth-order valence-electron chi connectivity index (χ4n) is 4.70. The Hall–Kier alpha value is -1.60. The Morgan fingerprint density at radius 3 is 2.34 bits per heavy atom. The van der Waals surface area contributed by atoms with Gasteiger partial charge >= 0.3 is 7.12 Å². The molecule has 2 N–H and O–H groups in total. The van der Waals surface area contributed by atoms with Crippen LogP contribution in [0, 0.1) is 17.3 Å². The first-order valence-corrected chi connectivity index (χ1v) is 10.8. The van der Waals surface area contributed by atoms with Crippen molar-refractivity contribution in [2.45, 2.75) is 72.5 Å². The number of amides is 1. The summed E-state index contributed by atoms with van der Waals surface area (Å²) in [6, 6.07) is 4.06. The standard InChI is InChI=1S/C22H36BN3O3/c1-8-22(19(24)27)11-12-26(14-17(22)15(2)3)18-10-9-16(13-25-18)23-28-20(4,5)21(6,7)29-23/h9-10,13,15,17H,8,11-12,14H2,1-7H3,(H2,24,27). The lowest BCUT2D eigenvalue weighted by Gasteiger charge is -2.48. The monoisotopic (exact) mass is 401 g/mol. The molecule has 6 nitrogen and oxygen atoms in total. The number of nitrogens with two attached hydrogens (primary N) is 1. The number of hydrogen-bond donors (Lipinski definition) is 1. The average Bonchev–Trinajstić information content (AvgIpc) is 2.88. The van der Waals surface area contributed by atoms with Crippen LogP contribution >= 0.6 is 0 Å². The molecule has 2 unspecified atom stereocenters. The van der Waals surface area contributed by atoms with E-state index in [0.717, 1.165) is 37.2 Å². The van der Waals surface area contributed by atoms with E-state index in [1.807, 2.05) is 46.0 Å². The van der Waals surface area contributed by atoms with Gasteiger partial charge in [-0.3, -0.25) is 4.79 Å². The van der Waals surface area contributed by atoms with Crippen molar-refractivity contribution in [1.29, 1.82) is 0 Å². The molecule has 0 saturated carbocycles. The van der Waals surface area contributed by atoms with Gasteiger partial charge in [0.05, 0.1) is 16.6 Å². The van der Waals surface area contributed by atoms with Gasteiger partial charge in [0.25, 0.3) is 0 Å². The zero-order chi connectivity index (χ0) is 21.6. The van der Waals surface area contributed by atoms with E-state index in [1.54, 1.807) is 0 Å². The van der Waals surface area contributed by atoms with E-state index in [2.05, 4.69) is 25.7 Å². The predicted molar refractivity (Wildman–Crippen MR) is 117 cm³/mol. The van der Waals surface area contributed by atoms with Gasteiger partial charge in [-0.1, -0.05) is 26.8 Å². The second-order valence-electron chi connectivity index (χ2n) is 9.96. The number of carbonyl (C=O) groups is 1. The third kappa shape index (κ3) is 3.79. The van der Waals surface area contributed by atoms with Crippen molar-refractivity contribution in [3.05, 3.63) is 18.3 Å². The summed E-state index contributed by atoms with van der Waals surface area (Å²) in [6.07, 6.45) is 3.40. The van der Waals surface area contributed by atoms with E-state index in [-0.39, 0.29) is 23.0 Å². The molecule has 7 heteroatoms. The number of hydrogen-bond acceptors (Lipinski definition) is 5. The van der Waals surface area contributed by atoms with E-state index < -0.39 is 12.5 Å². The summed E-state index contributed by atoms with van der Waals surface area (Å²) in [5, 5.41) is 0. The average molecular weight is 401 g/mol. The molecule has 160 valence electrons. The maximum absolute atomic E-state index is 12.3. The molecule has 0 aromatic carbocycles. The summed E-state index contributed by atoms with van der Waals surface area (Å²) in [6.45, 7) is 16.2. The molecule has 2 aliphatic rings. The van der Waals surface area contributed by atoms with E-state index >= 15 is 0 Å². The van der Waals surface area contributed by atoms with E-state index in [9.17, 15) is 4.79 Å². The van der Waals surface area contributed by atoms with E-state index in [1.165, 1.54) is 0 Å². The third-order valence-corrected chi connectivity index (χ3v) is 7.50. The SMILES string of the molecule is CCC1(C(N)=O)CCN(c2ccc(B3OC(C)(C)C(C)(C)O3)cn2)CC1C(C)C. The number of aromatic nitrogens is 1. The molecule has 1 aromatic heterocycles. The lowest BCUT2D eigenvalue weighted by molar-refractivity contribution is -0.133. The maximum atomic E-state index is 12.3. The van der Waals surface area contributed by atoms with Crippen LogP contribution in [0.2, 0.25) is 0 Å². The Labute approximate surface area is 175 Å². The Kier molecular flexibility index (Phi) is 5.78. The van der Waals surface area contributed by atoms with Gasteiger partial charge in [-0.05, 0) is 58.4 Å². The molecule has 1 aromatic rings. The summed E-state index contributed by atoms with van der Waals surface area (Å²) < 4.78 is 12.2. The number of nitrogens with zero attached hydrogens (tertiary/aromatic N) is 2. The minimum Gasteiger partial charge on any atom is -0.399 e. The van der Waals surface area contributed by atoms with Crippen LogP contribution in [0.5, 0.6) is 0 Å². The van der Waals surface area contributed by atoms with Gasteiger partial charge < -0.3 is 19.9 Å². The number of pyridine rings is 1. The molecule has 2 atom stereocenters. The van der Waals surface area contributed by atoms with Gasteiger partial charge in [-0.15, -0.1) is 0 Å². The topological polar surface area (TPSA) is 77.7 Å². The largest absolute Gasteiger partial charge is 0.496 e. The molecule has 3 heterocycles. The van der Waals surface area contributed by atoms with Gasteiger partial charge in [-0.2, -0.15) is 0 Å². The van der Waals surface area contributed by atoms with Crippen molar-refractivity contribution >= 4 is 24.3 Å². The van der Waals surface area contributed by atoms with Gasteiger partial charge in [0.1, 0.15) is 5.82 Å². The normalized spacial score (nSPS) is 28.8. The Bertz CT molecular complexity index is 734. The molecular formula is C22H36BN3O3. The Balaban J connectivity index is 1.77. The van der Waals surface area contributed by atoms with Crippen molar-refractivity contribution in [1.82, 2.24) is 4.98 Å². The smallest absolute Gasteiger partial charge is 0.399 e. The molecule has 3 rings (SSSR count). The van der Waals surface area contributed by atoms with Crippen molar-refractivity contribution in [2.75, 3.05) is 18.0 Å². The number of carbonyl (C=O) groups excluding carboxylic acids is 1. The van der Waals surface area contributed by atoms with Crippen LogP contribution in [0.4, 0.5) is 5.82 Å². The van der Waals surface area contributed by atoms with Gasteiger partial charge in [0.15, 0.2) is 0 Å². The highest BCUT2D eigenvalue weighted by Crippen LogP contribution is 2.44. The highest BCUT2D eigenvalue weighted by atomic mass is 16.7. The number of anilines is 1. The molecule has 2 aliphatic heterocycles. The van der Waals surface area contributed by atoms with Crippen LogP contribution in [0.15, 0.2) is 18.3 Å². The molecule has 29 heavy (non-hydrogen) atoms. The second kappa shape index (κ2) is 7.58. The quantitative estimate of drug-likeness (QED) is 0.768. The lowest BCUT2D eigenvalue weighted by atomic mass is 9.64. The Morgan fingerprint density at radius 2 is 1.90 bits per heavy atom. The van der Waals surface area contributed by atoms with Crippen molar-refractivity contribution in [3.8, 4) is 0 Å². The van der Waals surface area contributed by atoms with Crippen molar-refractivity contribution < 1.29 is 14.1 Å². The van der Waals surface area contributed by atoms with Crippen molar-refractivity contribution in [2.24, 2.45) is 23.0 Å². The minimum absolute atomic E-state index is 0.164. The molecule has 0 aliphatic carbocycles. The lowest BCUT2D eigenvalue weighted by Crippen LogP contribution is -2.55. The number of rotatable bonds is 5. The number of piperidine rings is 1. The summed E-state index contributed by atoms with van der Waals surface area (Å²) in [4.78, 5) is 19.3. The van der Waals surface area contributed by atoms with Gasteiger partial charge in [-0.25, -0.2) is 4.98 Å². The molecular weight excluding hydrogens is 365 g/mol. The maximum Gasteiger partial charge on any atom is 0.496 e. The summed E-state index contributed by atoms with van der Waals surface area (Å²) >= 11 is 0. The summed E-state index contributed by atoms with van der Waals surface area (Å²) in [7, 11) is -0.408. The molecule has 0 bridgehead atoms. The summed E-state index contributed by atoms with van der Waals surface area (Å²) in [5.41, 5.74) is 5.62. The first-order valence-electron chi connectivity index (χ1n) is 10.8. The van der Waals surface area contributed by atoms with E-state index in [0.29, 0.717) is 5.92 Å². The van der Waals surface area contributed by atoms with Crippen molar-refractivity contribution in [3.63, 3.8) is 0 Å². The first-order chi connectivity index (χ1) is 13.4. The van der Waals surface area contributed by atoms with Crippen LogP contribution in [0.3, 0.4) is 0 Å². The Morgan fingerprint density at radius 1 is 1.28 bits per heavy atom. The highest BCUT2D eigenvalue weighted by Gasteiger charge is 2.52. The zero-order valence-corrected chi connectivity index (χ0v) is 19.0. The highest BCUT2D eigenvalue weighted by molar-refractivity contribution is 6.62. The fourth-order valence-corrected chi connectivity index (χ4v) is 4.70. The molecule has 2 fully saturated rings. The van der Waals surface area contributed by atoms with Crippen LogP contribution in [0.1, 0.15) is 61.3 Å². The second-order valence-corrected chi connectivity index (χ2v) is 9.96. The third-order valence-electron chi connectivity index (χ3n) is 7.50. The van der Waals surface area contributed by atoms with Crippen LogP contribution in [0.25, 0.3) is 0 Å². The predicted octanol–water partition coefficient (Wildman–Crippen LogP) is 2.74. The number of primary amides is 1. The van der Waals surface area contributed by atoms with Gasteiger partial charge in [0, 0.05) is 24.7 Å². The summed E-state index contributed by atoms with van der Waals surface area (Å²) in [5.74, 6) is 1.34. The van der Waals surface area contributed by atoms with Crippen LogP contribution < -0.4 is 16.1 Å². The van der Waals surface area contributed by atoms with Crippen LogP contribution in [-0.2, 0) is 14.1 Å². The van der Waals surface area contributed by atoms with Crippen LogP contribution in [-0.4, -0.2) is 42.3 Å². The fraction of sp³-hybridized carbons (Fsp3) is 0.727. The molecule has 1 amide bonds.